The average molecular weight is 357 g/mol. The van der Waals surface area contributed by atoms with E-state index in [2.05, 4.69) is 28.2 Å². The van der Waals surface area contributed by atoms with Gasteiger partial charge in [0.15, 0.2) is 0 Å². The van der Waals surface area contributed by atoms with Crippen molar-refractivity contribution in [3.05, 3.63) is 62.8 Å². The van der Waals surface area contributed by atoms with Crippen molar-refractivity contribution in [2.24, 2.45) is 0 Å². The molecule has 0 amide bonds. The third-order valence-corrected chi connectivity index (χ3v) is 4.14. The third-order valence-electron chi connectivity index (χ3n) is 3.08. The largest absolute Gasteiger partial charge is 0.381 e. The highest BCUT2D eigenvalue weighted by Gasteiger charge is 2.09. The lowest BCUT2D eigenvalue weighted by atomic mass is 10.1. The SMILES string of the molecule is Cc1cc(Br)c(NC(C)Cc2cccc(F)c2)cc1Cl. The second-order valence-corrected chi connectivity index (χ2v) is 6.22. The summed E-state index contributed by atoms with van der Waals surface area (Å²) in [4.78, 5) is 0. The van der Waals surface area contributed by atoms with Crippen molar-refractivity contribution in [2.45, 2.75) is 26.3 Å². The van der Waals surface area contributed by atoms with Crippen LogP contribution in [-0.2, 0) is 6.42 Å². The van der Waals surface area contributed by atoms with Gasteiger partial charge in [-0.05, 0) is 71.6 Å². The van der Waals surface area contributed by atoms with Crippen LogP contribution in [0.5, 0.6) is 0 Å². The second-order valence-electron chi connectivity index (χ2n) is 4.96. The van der Waals surface area contributed by atoms with Gasteiger partial charge in [0.05, 0.1) is 5.69 Å². The van der Waals surface area contributed by atoms with Crippen molar-refractivity contribution in [3.63, 3.8) is 0 Å². The maximum absolute atomic E-state index is 13.2. The van der Waals surface area contributed by atoms with Crippen molar-refractivity contribution in [2.75, 3.05) is 5.32 Å². The Morgan fingerprint density at radius 1 is 1.30 bits per heavy atom. The number of rotatable bonds is 4. The standard InChI is InChI=1S/C16H16BrClFN/c1-10-6-14(17)16(9-15(10)18)20-11(2)7-12-4-3-5-13(19)8-12/h3-6,8-9,11,20H,7H2,1-2H3. The monoisotopic (exact) mass is 355 g/mol. The molecule has 1 atom stereocenters. The third kappa shape index (κ3) is 3.97. The number of benzene rings is 2. The number of halogens is 3. The summed E-state index contributed by atoms with van der Waals surface area (Å²) in [5.74, 6) is -0.200. The molecule has 0 heterocycles. The average Bonchev–Trinajstić information content (AvgIpc) is 2.36. The van der Waals surface area contributed by atoms with Crippen LogP contribution in [0.2, 0.25) is 5.02 Å². The molecule has 106 valence electrons. The molecule has 0 fully saturated rings. The van der Waals surface area contributed by atoms with E-state index in [1.807, 2.05) is 25.1 Å². The van der Waals surface area contributed by atoms with E-state index in [4.69, 9.17) is 11.6 Å². The molecule has 0 aliphatic carbocycles. The van der Waals surface area contributed by atoms with Gasteiger partial charge in [-0.3, -0.25) is 0 Å². The fourth-order valence-corrected chi connectivity index (χ4v) is 2.83. The summed E-state index contributed by atoms with van der Waals surface area (Å²) in [6, 6.07) is 10.7. The first-order valence-corrected chi connectivity index (χ1v) is 7.59. The Kier molecular flexibility index (Phi) is 5.06. The Hall–Kier alpha value is -1.06. The van der Waals surface area contributed by atoms with Gasteiger partial charge in [0.1, 0.15) is 5.82 Å². The van der Waals surface area contributed by atoms with Crippen LogP contribution in [-0.4, -0.2) is 6.04 Å². The van der Waals surface area contributed by atoms with E-state index in [1.165, 1.54) is 6.07 Å². The highest BCUT2D eigenvalue weighted by Crippen LogP contribution is 2.29. The maximum Gasteiger partial charge on any atom is 0.123 e. The van der Waals surface area contributed by atoms with Gasteiger partial charge in [-0.15, -0.1) is 0 Å². The summed E-state index contributed by atoms with van der Waals surface area (Å²) >= 11 is 9.67. The van der Waals surface area contributed by atoms with Gasteiger partial charge in [0.25, 0.3) is 0 Å². The molecule has 2 rings (SSSR count). The zero-order valence-electron chi connectivity index (χ0n) is 11.4. The van der Waals surface area contributed by atoms with E-state index in [-0.39, 0.29) is 11.9 Å². The van der Waals surface area contributed by atoms with Crippen molar-refractivity contribution >= 4 is 33.2 Å². The molecule has 0 aliphatic rings. The lowest BCUT2D eigenvalue weighted by Crippen LogP contribution is -2.18. The van der Waals surface area contributed by atoms with Crippen LogP contribution in [0, 0.1) is 12.7 Å². The Labute approximate surface area is 132 Å². The number of anilines is 1. The molecule has 0 aromatic heterocycles. The molecule has 0 aliphatic heterocycles. The summed E-state index contributed by atoms with van der Waals surface area (Å²) in [6.45, 7) is 4.03. The minimum atomic E-state index is -0.200. The zero-order valence-corrected chi connectivity index (χ0v) is 13.7. The molecule has 0 saturated carbocycles. The van der Waals surface area contributed by atoms with Gasteiger partial charge in [-0.25, -0.2) is 4.39 Å². The molecule has 2 aromatic carbocycles. The van der Waals surface area contributed by atoms with Gasteiger partial charge in [0.2, 0.25) is 0 Å². The maximum atomic E-state index is 13.2. The van der Waals surface area contributed by atoms with Crippen molar-refractivity contribution in [3.8, 4) is 0 Å². The molecular weight excluding hydrogens is 341 g/mol. The zero-order chi connectivity index (χ0) is 14.7. The number of hydrogen-bond donors (Lipinski definition) is 1. The molecule has 0 bridgehead atoms. The minimum Gasteiger partial charge on any atom is -0.381 e. The van der Waals surface area contributed by atoms with E-state index in [9.17, 15) is 4.39 Å². The Bertz CT molecular complexity index is 615. The van der Waals surface area contributed by atoms with E-state index in [0.717, 1.165) is 32.7 Å². The van der Waals surface area contributed by atoms with Gasteiger partial charge >= 0.3 is 0 Å². The quantitative estimate of drug-likeness (QED) is 0.752. The summed E-state index contributed by atoms with van der Waals surface area (Å²) in [5.41, 5.74) is 2.95. The first-order valence-electron chi connectivity index (χ1n) is 6.42. The minimum absolute atomic E-state index is 0.173. The van der Waals surface area contributed by atoms with E-state index < -0.39 is 0 Å². The predicted octanol–water partition coefficient (Wildman–Crippen LogP) is 5.59. The summed E-state index contributed by atoms with van der Waals surface area (Å²) in [6.07, 6.45) is 0.746. The van der Waals surface area contributed by atoms with Crippen LogP contribution in [0.3, 0.4) is 0 Å². The Morgan fingerprint density at radius 3 is 2.75 bits per heavy atom. The number of hydrogen-bond acceptors (Lipinski definition) is 1. The molecule has 2 aromatic rings. The van der Waals surface area contributed by atoms with Crippen LogP contribution in [0.4, 0.5) is 10.1 Å². The smallest absolute Gasteiger partial charge is 0.123 e. The number of aryl methyl sites for hydroxylation is 1. The van der Waals surface area contributed by atoms with Gasteiger partial charge in [0, 0.05) is 15.5 Å². The molecule has 1 unspecified atom stereocenters. The Balaban J connectivity index is 2.08. The fourth-order valence-electron chi connectivity index (χ4n) is 2.09. The van der Waals surface area contributed by atoms with Gasteiger partial charge < -0.3 is 5.32 Å². The van der Waals surface area contributed by atoms with Gasteiger partial charge in [-0.2, -0.15) is 0 Å². The topological polar surface area (TPSA) is 12.0 Å². The highest BCUT2D eigenvalue weighted by atomic mass is 79.9. The molecule has 0 saturated heterocycles. The van der Waals surface area contributed by atoms with Crippen LogP contribution in [0.15, 0.2) is 40.9 Å². The lowest BCUT2D eigenvalue weighted by Gasteiger charge is -2.17. The number of nitrogens with one attached hydrogen (secondary N) is 1. The molecular formula is C16H16BrClFN. The summed E-state index contributed by atoms with van der Waals surface area (Å²) in [7, 11) is 0. The molecule has 1 N–H and O–H groups in total. The van der Waals surface area contributed by atoms with Crippen LogP contribution < -0.4 is 5.32 Å². The van der Waals surface area contributed by atoms with Gasteiger partial charge in [-0.1, -0.05) is 23.7 Å². The fraction of sp³-hybridized carbons (Fsp3) is 0.250. The van der Waals surface area contributed by atoms with Crippen molar-refractivity contribution < 1.29 is 4.39 Å². The predicted molar refractivity (Wildman–Crippen MR) is 87.1 cm³/mol. The van der Waals surface area contributed by atoms with Crippen LogP contribution in [0.25, 0.3) is 0 Å². The highest BCUT2D eigenvalue weighted by molar-refractivity contribution is 9.10. The molecule has 4 heteroatoms. The van der Waals surface area contributed by atoms with E-state index >= 15 is 0 Å². The summed E-state index contributed by atoms with van der Waals surface area (Å²) < 4.78 is 14.1. The first kappa shape index (κ1) is 15.3. The summed E-state index contributed by atoms with van der Waals surface area (Å²) in [5, 5.41) is 4.12. The Morgan fingerprint density at radius 2 is 2.05 bits per heavy atom. The second kappa shape index (κ2) is 6.59. The molecule has 0 radical (unpaired) electrons. The lowest BCUT2D eigenvalue weighted by molar-refractivity contribution is 0.624. The first-order chi connectivity index (χ1) is 9.45. The van der Waals surface area contributed by atoms with E-state index in [1.54, 1.807) is 12.1 Å². The molecule has 0 spiro atoms. The van der Waals surface area contributed by atoms with E-state index in [0.29, 0.717) is 0 Å². The normalized spacial score (nSPS) is 12.2. The van der Waals surface area contributed by atoms with Crippen molar-refractivity contribution in [1.29, 1.82) is 0 Å². The van der Waals surface area contributed by atoms with Crippen LogP contribution >= 0.6 is 27.5 Å². The van der Waals surface area contributed by atoms with Crippen molar-refractivity contribution in [1.82, 2.24) is 0 Å². The van der Waals surface area contributed by atoms with Crippen LogP contribution in [0.1, 0.15) is 18.1 Å². The molecule has 1 nitrogen and oxygen atoms in total. The molecule has 20 heavy (non-hydrogen) atoms.